The average molecular weight is 379 g/mol. The molecule has 0 saturated heterocycles. The van der Waals surface area contributed by atoms with Crippen molar-refractivity contribution < 1.29 is 9.59 Å². The first-order valence-electron chi connectivity index (χ1n) is 7.98. The number of benzene rings is 2. The lowest BCUT2D eigenvalue weighted by atomic mass is 10.0. The highest BCUT2D eigenvalue weighted by molar-refractivity contribution is 6.42. The van der Waals surface area contributed by atoms with Gasteiger partial charge in [-0.3, -0.25) is 9.59 Å². The number of rotatable bonds is 6. The van der Waals surface area contributed by atoms with E-state index in [1.807, 2.05) is 31.2 Å². The molecular formula is C19H20Cl2N2O2. The normalized spacial score (nSPS) is 10.4. The van der Waals surface area contributed by atoms with Crippen molar-refractivity contribution >= 4 is 40.7 Å². The molecule has 0 heterocycles. The maximum absolute atomic E-state index is 12.2. The van der Waals surface area contributed by atoms with Crippen molar-refractivity contribution in [3.8, 4) is 0 Å². The topological polar surface area (TPSA) is 58.2 Å². The number of anilines is 1. The van der Waals surface area contributed by atoms with Crippen molar-refractivity contribution in [3.63, 3.8) is 0 Å². The molecule has 132 valence electrons. The van der Waals surface area contributed by atoms with Crippen LogP contribution in [0, 0.1) is 6.92 Å². The van der Waals surface area contributed by atoms with Crippen LogP contribution in [0.25, 0.3) is 0 Å². The third kappa shape index (κ3) is 5.21. The quantitative estimate of drug-likeness (QED) is 0.769. The zero-order valence-electron chi connectivity index (χ0n) is 14.2. The Labute approximate surface area is 157 Å². The van der Waals surface area contributed by atoms with Gasteiger partial charge in [0, 0.05) is 13.5 Å². The highest BCUT2D eigenvalue weighted by Gasteiger charge is 2.14. The molecule has 2 rings (SSSR count). The molecule has 6 heteroatoms. The van der Waals surface area contributed by atoms with E-state index < -0.39 is 0 Å². The Morgan fingerprint density at radius 2 is 1.84 bits per heavy atom. The molecule has 0 aromatic heterocycles. The van der Waals surface area contributed by atoms with E-state index in [-0.39, 0.29) is 11.8 Å². The van der Waals surface area contributed by atoms with Gasteiger partial charge in [-0.2, -0.15) is 0 Å². The third-order valence-corrected chi connectivity index (χ3v) is 4.59. The van der Waals surface area contributed by atoms with Gasteiger partial charge in [-0.15, -0.1) is 0 Å². The minimum atomic E-state index is -0.218. The fourth-order valence-electron chi connectivity index (χ4n) is 2.56. The molecule has 0 aliphatic rings. The first-order valence-corrected chi connectivity index (χ1v) is 8.73. The van der Waals surface area contributed by atoms with Gasteiger partial charge in [0.1, 0.15) is 0 Å². The Morgan fingerprint density at radius 1 is 1.08 bits per heavy atom. The van der Waals surface area contributed by atoms with Crippen LogP contribution in [0.15, 0.2) is 36.4 Å². The van der Waals surface area contributed by atoms with Gasteiger partial charge < -0.3 is 10.6 Å². The van der Waals surface area contributed by atoms with E-state index >= 15 is 0 Å². The molecule has 2 aromatic carbocycles. The second kappa shape index (κ2) is 8.88. The second-order valence-electron chi connectivity index (χ2n) is 5.73. The van der Waals surface area contributed by atoms with Crippen molar-refractivity contribution in [1.29, 1.82) is 0 Å². The lowest BCUT2D eigenvalue weighted by molar-refractivity contribution is -0.116. The van der Waals surface area contributed by atoms with Crippen molar-refractivity contribution in [2.75, 3.05) is 12.4 Å². The summed E-state index contributed by atoms with van der Waals surface area (Å²) < 4.78 is 0. The SMILES string of the molecule is CNC(=O)c1c(C)cccc1NC(=O)CCCc1ccc(Cl)c(Cl)c1. The summed E-state index contributed by atoms with van der Waals surface area (Å²) in [5.41, 5.74) is 2.86. The molecule has 0 spiro atoms. The van der Waals surface area contributed by atoms with Crippen molar-refractivity contribution in [2.45, 2.75) is 26.2 Å². The molecular weight excluding hydrogens is 359 g/mol. The average Bonchev–Trinajstić information content (AvgIpc) is 2.57. The number of carbonyl (C=O) groups excluding carboxylic acids is 2. The number of hydrogen-bond acceptors (Lipinski definition) is 2. The summed E-state index contributed by atoms with van der Waals surface area (Å²) in [6.07, 6.45) is 1.74. The summed E-state index contributed by atoms with van der Waals surface area (Å²) in [5.74, 6) is -0.347. The molecule has 2 N–H and O–H groups in total. The molecule has 0 aliphatic carbocycles. The fraction of sp³-hybridized carbons (Fsp3) is 0.263. The lowest BCUT2D eigenvalue weighted by Crippen LogP contribution is -2.22. The second-order valence-corrected chi connectivity index (χ2v) is 6.54. The monoisotopic (exact) mass is 378 g/mol. The van der Waals surface area contributed by atoms with Crippen molar-refractivity contribution in [3.05, 3.63) is 63.1 Å². The molecule has 4 nitrogen and oxygen atoms in total. The Kier molecular flexibility index (Phi) is 6.85. The summed E-state index contributed by atoms with van der Waals surface area (Å²) in [4.78, 5) is 24.2. The largest absolute Gasteiger partial charge is 0.355 e. The van der Waals surface area contributed by atoms with Crippen LogP contribution in [-0.4, -0.2) is 18.9 Å². The maximum atomic E-state index is 12.2. The predicted molar refractivity (Wildman–Crippen MR) is 103 cm³/mol. The molecule has 0 aliphatic heterocycles. The molecule has 0 bridgehead atoms. The summed E-state index contributed by atoms with van der Waals surface area (Å²) in [5, 5.41) is 6.45. The van der Waals surface area contributed by atoms with Crippen LogP contribution in [0.3, 0.4) is 0 Å². The number of nitrogens with one attached hydrogen (secondary N) is 2. The number of hydrogen-bond donors (Lipinski definition) is 2. The smallest absolute Gasteiger partial charge is 0.253 e. The van der Waals surface area contributed by atoms with Crippen LogP contribution < -0.4 is 10.6 Å². The van der Waals surface area contributed by atoms with Gasteiger partial charge in [-0.25, -0.2) is 0 Å². The van der Waals surface area contributed by atoms with Gasteiger partial charge in [0.2, 0.25) is 5.91 Å². The van der Waals surface area contributed by atoms with E-state index in [1.54, 1.807) is 19.2 Å². The molecule has 25 heavy (non-hydrogen) atoms. The molecule has 2 amide bonds. The van der Waals surface area contributed by atoms with Crippen LogP contribution in [0.2, 0.25) is 10.0 Å². The Hall–Kier alpha value is -2.04. The highest BCUT2D eigenvalue weighted by atomic mass is 35.5. The fourth-order valence-corrected chi connectivity index (χ4v) is 2.88. The third-order valence-electron chi connectivity index (χ3n) is 3.85. The van der Waals surface area contributed by atoms with E-state index in [1.165, 1.54) is 0 Å². The van der Waals surface area contributed by atoms with Gasteiger partial charge in [-0.05, 0) is 49.1 Å². The van der Waals surface area contributed by atoms with Gasteiger partial charge in [0.05, 0.1) is 21.3 Å². The van der Waals surface area contributed by atoms with Crippen LogP contribution in [0.5, 0.6) is 0 Å². The summed E-state index contributed by atoms with van der Waals surface area (Å²) >= 11 is 11.9. The van der Waals surface area contributed by atoms with Crippen LogP contribution in [0.1, 0.15) is 34.3 Å². The van der Waals surface area contributed by atoms with Gasteiger partial charge in [0.25, 0.3) is 5.91 Å². The Balaban J connectivity index is 1.95. The minimum absolute atomic E-state index is 0.129. The van der Waals surface area contributed by atoms with E-state index in [9.17, 15) is 9.59 Å². The van der Waals surface area contributed by atoms with E-state index in [0.717, 1.165) is 17.5 Å². The van der Waals surface area contributed by atoms with Crippen LogP contribution in [-0.2, 0) is 11.2 Å². The number of carbonyl (C=O) groups is 2. The van der Waals surface area contributed by atoms with E-state index in [2.05, 4.69) is 10.6 Å². The number of aryl methyl sites for hydroxylation is 2. The highest BCUT2D eigenvalue weighted by Crippen LogP contribution is 2.24. The summed E-state index contributed by atoms with van der Waals surface area (Å²) in [6, 6.07) is 10.8. The molecule has 0 atom stereocenters. The van der Waals surface area contributed by atoms with Gasteiger partial charge in [-0.1, -0.05) is 41.4 Å². The standard InChI is InChI=1S/C19H20Cl2N2O2/c1-12-5-3-7-16(18(12)19(25)22-2)23-17(24)8-4-6-13-9-10-14(20)15(21)11-13/h3,5,7,9-11H,4,6,8H2,1-2H3,(H,22,25)(H,23,24). The number of amides is 2. The van der Waals surface area contributed by atoms with Gasteiger partial charge in [0.15, 0.2) is 0 Å². The maximum Gasteiger partial charge on any atom is 0.253 e. The van der Waals surface area contributed by atoms with Crippen LogP contribution in [0.4, 0.5) is 5.69 Å². The lowest BCUT2D eigenvalue weighted by Gasteiger charge is -2.12. The van der Waals surface area contributed by atoms with E-state index in [0.29, 0.717) is 34.1 Å². The Bertz CT molecular complexity index is 791. The number of halogens is 2. The summed E-state index contributed by atoms with van der Waals surface area (Å²) in [6.45, 7) is 1.84. The molecule has 0 fully saturated rings. The van der Waals surface area contributed by atoms with E-state index in [4.69, 9.17) is 23.2 Å². The molecule has 0 saturated carbocycles. The molecule has 0 unspecified atom stereocenters. The molecule has 2 aromatic rings. The summed E-state index contributed by atoms with van der Waals surface area (Å²) in [7, 11) is 1.57. The van der Waals surface area contributed by atoms with Gasteiger partial charge >= 0.3 is 0 Å². The van der Waals surface area contributed by atoms with Crippen molar-refractivity contribution in [2.24, 2.45) is 0 Å². The van der Waals surface area contributed by atoms with Crippen LogP contribution >= 0.6 is 23.2 Å². The zero-order valence-corrected chi connectivity index (χ0v) is 15.7. The first-order chi connectivity index (χ1) is 11.9. The van der Waals surface area contributed by atoms with Crippen molar-refractivity contribution in [1.82, 2.24) is 5.32 Å². The zero-order chi connectivity index (χ0) is 18.4. The minimum Gasteiger partial charge on any atom is -0.355 e. The Morgan fingerprint density at radius 3 is 2.52 bits per heavy atom. The molecule has 0 radical (unpaired) electrons. The first kappa shape index (κ1) is 19.3. The predicted octanol–water partition coefficient (Wildman–Crippen LogP) is 4.62.